The van der Waals surface area contributed by atoms with E-state index in [-0.39, 0.29) is 17.9 Å². The van der Waals surface area contributed by atoms with Crippen molar-refractivity contribution in [2.75, 3.05) is 12.3 Å². The van der Waals surface area contributed by atoms with Crippen LogP contribution in [0.4, 0.5) is 9.18 Å². The third-order valence-corrected chi connectivity index (χ3v) is 5.15. The van der Waals surface area contributed by atoms with Crippen molar-refractivity contribution in [3.05, 3.63) is 65.0 Å². The van der Waals surface area contributed by atoms with E-state index in [1.807, 2.05) is 0 Å². The summed E-state index contributed by atoms with van der Waals surface area (Å²) in [5.74, 6) is -0.0611. The molecule has 0 fully saturated rings. The molecule has 1 atom stereocenters. The van der Waals surface area contributed by atoms with E-state index < -0.39 is 17.9 Å². The van der Waals surface area contributed by atoms with Crippen molar-refractivity contribution in [2.24, 2.45) is 5.73 Å². The average Bonchev–Trinajstić information content (AvgIpc) is 2.61. The van der Waals surface area contributed by atoms with Crippen molar-refractivity contribution in [1.29, 1.82) is 0 Å². The van der Waals surface area contributed by atoms with Crippen molar-refractivity contribution in [2.45, 2.75) is 31.2 Å². The highest BCUT2D eigenvalue weighted by atomic mass is 32.2. The second kappa shape index (κ2) is 9.97. The molecule has 0 aliphatic carbocycles. The van der Waals surface area contributed by atoms with Crippen molar-refractivity contribution in [3.8, 4) is 0 Å². The zero-order valence-electron chi connectivity index (χ0n) is 15.4. The van der Waals surface area contributed by atoms with Crippen LogP contribution in [0.25, 0.3) is 0 Å². The lowest BCUT2D eigenvalue weighted by Gasteiger charge is -2.18. The molecule has 0 unspecified atom stereocenters. The highest BCUT2D eigenvalue weighted by Crippen LogP contribution is 2.21. The maximum absolute atomic E-state index is 14.0. The summed E-state index contributed by atoms with van der Waals surface area (Å²) in [6.07, 6.45) is -0.0851. The number of carbonyl (C=O) groups is 2. The normalized spacial score (nSPS) is 11.7. The molecule has 27 heavy (non-hydrogen) atoms. The highest BCUT2D eigenvalue weighted by molar-refractivity contribution is 7.99. The first kappa shape index (κ1) is 20.8. The largest absolute Gasteiger partial charge is 0.355 e. The first-order chi connectivity index (χ1) is 12.9. The lowest BCUT2D eigenvalue weighted by atomic mass is 10.0. The molecule has 0 aliphatic heterocycles. The molecule has 0 aromatic heterocycles. The van der Waals surface area contributed by atoms with Gasteiger partial charge in [-0.15, -0.1) is 11.8 Å². The third-order valence-electron chi connectivity index (χ3n) is 4.16. The van der Waals surface area contributed by atoms with Crippen molar-refractivity contribution >= 4 is 23.7 Å². The summed E-state index contributed by atoms with van der Waals surface area (Å²) in [5, 5.41) is 5.23. The summed E-state index contributed by atoms with van der Waals surface area (Å²) in [4.78, 5) is 24.5. The number of hydrogen-bond donors (Lipinski definition) is 3. The molecule has 3 amide bonds. The zero-order chi connectivity index (χ0) is 19.8. The number of benzene rings is 2. The molecular weight excluding hydrogens is 365 g/mol. The fraction of sp³-hybridized carbons (Fsp3) is 0.300. The van der Waals surface area contributed by atoms with Crippen LogP contribution in [-0.4, -0.2) is 24.2 Å². The minimum atomic E-state index is -0.809. The molecule has 5 nitrogen and oxygen atoms in total. The van der Waals surface area contributed by atoms with Gasteiger partial charge in [-0.05, 0) is 43.2 Å². The number of carbonyl (C=O) groups excluding carboxylic acids is 2. The minimum absolute atomic E-state index is 0.0851. The van der Waals surface area contributed by atoms with Gasteiger partial charge in [-0.2, -0.15) is 0 Å². The van der Waals surface area contributed by atoms with Crippen LogP contribution < -0.4 is 16.4 Å². The van der Waals surface area contributed by atoms with Gasteiger partial charge in [0.2, 0.25) is 5.91 Å². The molecule has 2 rings (SSSR count). The number of nitrogens with two attached hydrogens (primary N) is 1. The molecule has 0 heterocycles. The summed E-state index contributed by atoms with van der Waals surface area (Å²) in [6.45, 7) is 4.60. The summed E-state index contributed by atoms with van der Waals surface area (Å²) in [6, 6.07) is 10.6. The number of primary amides is 1. The van der Waals surface area contributed by atoms with Crippen LogP contribution in [-0.2, 0) is 4.79 Å². The molecule has 0 saturated carbocycles. The predicted molar refractivity (Wildman–Crippen MR) is 106 cm³/mol. The van der Waals surface area contributed by atoms with Gasteiger partial charge in [0.25, 0.3) is 0 Å². The van der Waals surface area contributed by atoms with Gasteiger partial charge in [-0.3, -0.25) is 4.79 Å². The lowest BCUT2D eigenvalue weighted by molar-refractivity contribution is -0.121. The Morgan fingerprint density at radius 3 is 2.56 bits per heavy atom. The maximum Gasteiger partial charge on any atom is 0.312 e. The first-order valence-electron chi connectivity index (χ1n) is 8.64. The van der Waals surface area contributed by atoms with Gasteiger partial charge in [-0.25, -0.2) is 9.18 Å². The Morgan fingerprint density at radius 2 is 1.89 bits per heavy atom. The summed E-state index contributed by atoms with van der Waals surface area (Å²) in [7, 11) is 0. The van der Waals surface area contributed by atoms with Gasteiger partial charge in [0, 0.05) is 22.8 Å². The molecule has 0 saturated heterocycles. The van der Waals surface area contributed by atoms with Gasteiger partial charge in [-0.1, -0.05) is 24.3 Å². The van der Waals surface area contributed by atoms with Gasteiger partial charge in [0.1, 0.15) is 5.82 Å². The number of amides is 3. The second-order valence-electron chi connectivity index (χ2n) is 6.23. The number of thioether (sulfide) groups is 1. The molecule has 144 valence electrons. The Bertz CT molecular complexity index is 814. The van der Waals surface area contributed by atoms with Crippen molar-refractivity contribution in [1.82, 2.24) is 10.6 Å². The van der Waals surface area contributed by atoms with Gasteiger partial charge >= 0.3 is 6.03 Å². The third kappa shape index (κ3) is 6.60. The number of aryl methyl sites for hydroxylation is 2. The summed E-state index contributed by atoms with van der Waals surface area (Å²) in [5.41, 5.74) is 7.87. The number of rotatable bonds is 8. The van der Waals surface area contributed by atoms with Crippen LogP contribution in [0, 0.1) is 19.7 Å². The van der Waals surface area contributed by atoms with E-state index in [4.69, 9.17) is 5.73 Å². The van der Waals surface area contributed by atoms with E-state index in [0.29, 0.717) is 12.3 Å². The molecule has 2 aromatic carbocycles. The van der Waals surface area contributed by atoms with Gasteiger partial charge < -0.3 is 16.4 Å². The maximum atomic E-state index is 14.0. The standard InChI is InChI=1S/C20H24FN3O2S/c1-13-7-8-15(11-14(13)2)27-10-9-23-19(25)12-18(24-20(22)26)16-5-3-4-6-17(16)21/h3-8,11,18H,9-10,12H2,1-2H3,(H,23,25)(H3,22,24,26)/t18-/m0/s1. The fourth-order valence-corrected chi connectivity index (χ4v) is 3.45. The quantitative estimate of drug-likeness (QED) is 0.478. The van der Waals surface area contributed by atoms with Crippen LogP contribution in [0.3, 0.4) is 0 Å². The van der Waals surface area contributed by atoms with Crippen LogP contribution in [0.1, 0.15) is 29.2 Å². The number of halogens is 1. The van der Waals surface area contributed by atoms with Crippen molar-refractivity contribution < 1.29 is 14.0 Å². The van der Waals surface area contributed by atoms with E-state index in [2.05, 4.69) is 42.7 Å². The summed E-state index contributed by atoms with van der Waals surface area (Å²) < 4.78 is 14.0. The van der Waals surface area contributed by atoms with Gasteiger partial charge in [0.15, 0.2) is 0 Å². The van der Waals surface area contributed by atoms with Crippen molar-refractivity contribution in [3.63, 3.8) is 0 Å². The average molecular weight is 389 g/mol. The molecule has 0 radical (unpaired) electrons. The Hall–Kier alpha value is -2.54. The SMILES string of the molecule is Cc1ccc(SCCNC(=O)C[C@H](NC(N)=O)c2ccccc2F)cc1C. The molecule has 4 N–H and O–H groups in total. The number of nitrogens with one attached hydrogen (secondary N) is 2. The van der Waals surface area contributed by atoms with E-state index in [1.54, 1.807) is 23.9 Å². The van der Waals surface area contributed by atoms with Gasteiger partial charge in [0.05, 0.1) is 12.5 Å². The molecule has 0 spiro atoms. The Balaban J connectivity index is 1.85. The van der Waals surface area contributed by atoms with E-state index in [0.717, 1.165) is 4.90 Å². The molecular formula is C20H24FN3O2S. The summed E-state index contributed by atoms with van der Waals surface area (Å²) >= 11 is 1.65. The van der Waals surface area contributed by atoms with Crippen LogP contribution in [0.5, 0.6) is 0 Å². The Morgan fingerprint density at radius 1 is 1.15 bits per heavy atom. The van der Waals surface area contributed by atoms with Crippen LogP contribution in [0.2, 0.25) is 0 Å². The smallest absolute Gasteiger partial charge is 0.312 e. The highest BCUT2D eigenvalue weighted by Gasteiger charge is 2.20. The molecule has 2 aromatic rings. The van der Waals surface area contributed by atoms with E-state index >= 15 is 0 Å². The van der Waals surface area contributed by atoms with Crippen LogP contribution in [0.15, 0.2) is 47.4 Å². The molecule has 0 bridgehead atoms. The Labute approximate surface area is 162 Å². The minimum Gasteiger partial charge on any atom is -0.355 e. The predicted octanol–water partition coefficient (Wildman–Crippen LogP) is 3.45. The van der Waals surface area contributed by atoms with Crippen LogP contribution >= 0.6 is 11.8 Å². The zero-order valence-corrected chi connectivity index (χ0v) is 16.2. The van der Waals surface area contributed by atoms with E-state index in [1.165, 1.54) is 23.3 Å². The lowest BCUT2D eigenvalue weighted by Crippen LogP contribution is -2.37. The fourth-order valence-electron chi connectivity index (χ4n) is 2.59. The second-order valence-corrected chi connectivity index (χ2v) is 7.40. The topological polar surface area (TPSA) is 84.2 Å². The number of urea groups is 1. The Kier molecular flexibility index (Phi) is 7.67. The molecule has 0 aliphatic rings. The molecule has 7 heteroatoms. The first-order valence-corrected chi connectivity index (χ1v) is 9.62. The number of hydrogen-bond acceptors (Lipinski definition) is 3. The van der Waals surface area contributed by atoms with E-state index in [9.17, 15) is 14.0 Å². The monoisotopic (exact) mass is 389 g/mol.